The van der Waals surface area contributed by atoms with Crippen molar-refractivity contribution in [3.8, 4) is 34.5 Å². The molecule has 43 heavy (non-hydrogen) atoms. The third-order valence-corrected chi connectivity index (χ3v) is 3.62. The number of hydrogen-bond acceptors (Lipinski definition) is 6. The Morgan fingerprint density at radius 2 is 0.512 bits per heavy atom. The summed E-state index contributed by atoms with van der Waals surface area (Å²) in [6.07, 6.45) is -36.0. The van der Waals surface area contributed by atoms with Crippen molar-refractivity contribution in [1.29, 1.82) is 0 Å². The van der Waals surface area contributed by atoms with Gasteiger partial charge in [-0.25, -0.2) is 5.32 Å². The third kappa shape index (κ3) is 12.7. The summed E-state index contributed by atoms with van der Waals surface area (Å²) in [6.45, 7) is 0. The smallest absolute Gasteiger partial charge is 0.406 e. The second-order valence-electron chi connectivity index (χ2n) is 6.93. The standard InChI is InChI=1S/C18H4F18NO6/c19-13(20,21)38-5-1-7(40-15(25,26)27)11(8(2-5)41-16(28,29)30)37-12-9(42-17(31,32)33)3-6(39-14(22,23)24)4-10(12)43-18(34,35)36/h1-4H. The summed E-state index contributed by atoms with van der Waals surface area (Å²) >= 11 is 0. The lowest BCUT2D eigenvalue weighted by atomic mass is 10.2. The van der Waals surface area contributed by atoms with Gasteiger partial charge in [-0.3, -0.25) is 0 Å². The van der Waals surface area contributed by atoms with Gasteiger partial charge in [0.2, 0.25) is 0 Å². The van der Waals surface area contributed by atoms with Crippen molar-refractivity contribution in [2.24, 2.45) is 0 Å². The van der Waals surface area contributed by atoms with E-state index in [1.165, 1.54) is 0 Å². The number of benzene rings is 2. The molecule has 2 aromatic carbocycles. The Kier molecular flexibility index (Phi) is 9.32. The topological polar surface area (TPSA) is 69.5 Å². The summed E-state index contributed by atoms with van der Waals surface area (Å²) in [5.41, 5.74) is -4.51. The molecule has 2 rings (SSSR count). The molecule has 25 heteroatoms. The van der Waals surface area contributed by atoms with Crippen molar-refractivity contribution < 1.29 is 107 Å². The van der Waals surface area contributed by atoms with Gasteiger partial charge in [-0.2, -0.15) is 0 Å². The van der Waals surface area contributed by atoms with Gasteiger partial charge < -0.3 is 28.4 Å². The van der Waals surface area contributed by atoms with E-state index >= 15 is 0 Å². The van der Waals surface area contributed by atoms with Crippen LogP contribution in [0.2, 0.25) is 0 Å². The number of halogens is 18. The van der Waals surface area contributed by atoms with Crippen LogP contribution in [0.3, 0.4) is 0 Å². The quantitative estimate of drug-likeness (QED) is 0.262. The summed E-state index contributed by atoms with van der Waals surface area (Å²) in [6, 6.07) is -2.12. The molecule has 0 N–H and O–H groups in total. The molecule has 7 nitrogen and oxygen atoms in total. The van der Waals surface area contributed by atoms with Crippen LogP contribution in [-0.2, 0) is 0 Å². The lowest BCUT2D eigenvalue weighted by Gasteiger charge is -2.22. The first kappa shape index (κ1) is 35.0. The number of rotatable bonds is 8. The summed E-state index contributed by atoms with van der Waals surface area (Å²) in [7, 11) is 0. The Hall–Kier alpha value is -4.22. The van der Waals surface area contributed by atoms with Gasteiger partial charge in [-0.15, -0.1) is 79.0 Å². The van der Waals surface area contributed by atoms with Crippen molar-refractivity contribution in [2.75, 3.05) is 0 Å². The Morgan fingerprint density at radius 1 is 0.326 bits per heavy atom. The van der Waals surface area contributed by atoms with E-state index in [2.05, 4.69) is 33.7 Å². The number of hydrogen-bond donors (Lipinski definition) is 0. The van der Waals surface area contributed by atoms with Gasteiger partial charge in [-0.1, -0.05) is 0 Å². The predicted molar refractivity (Wildman–Crippen MR) is 94.4 cm³/mol. The first-order chi connectivity index (χ1) is 19.0. The van der Waals surface area contributed by atoms with Gasteiger partial charge in [-0.05, 0) is 0 Å². The van der Waals surface area contributed by atoms with Crippen LogP contribution in [-0.4, -0.2) is 38.2 Å². The molecule has 0 heterocycles. The van der Waals surface area contributed by atoms with Crippen molar-refractivity contribution in [2.45, 2.75) is 38.2 Å². The molecule has 0 spiro atoms. The fourth-order valence-electron chi connectivity index (χ4n) is 2.64. The van der Waals surface area contributed by atoms with Crippen LogP contribution >= 0.6 is 0 Å². The van der Waals surface area contributed by atoms with Crippen molar-refractivity contribution in [1.82, 2.24) is 5.32 Å². The van der Waals surface area contributed by atoms with Crippen molar-refractivity contribution in [3.05, 3.63) is 24.3 Å². The zero-order chi connectivity index (χ0) is 33.4. The van der Waals surface area contributed by atoms with Crippen molar-refractivity contribution >= 4 is 11.4 Å². The van der Waals surface area contributed by atoms with Crippen LogP contribution in [0.15, 0.2) is 24.3 Å². The molecule has 0 aliphatic rings. The summed E-state index contributed by atoms with van der Waals surface area (Å²) in [4.78, 5) is 0. The molecule has 0 aromatic heterocycles. The van der Waals surface area contributed by atoms with Gasteiger partial charge >= 0.3 is 38.2 Å². The number of nitrogens with zero attached hydrogens (tertiary/aromatic N) is 1. The second kappa shape index (κ2) is 11.5. The van der Waals surface area contributed by atoms with Crippen molar-refractivity contribution in [3.63, 3.8) is 0 Å². The lowest BCUT2D eigenvalue weighted by Crippen LogP contribution is -2.23. The second-order valence-corrected chi connectivity index (χ2v) is 6.93. The van der Waals surface area contributed by atoms with Gasteiger partial charge in [0.25, 0.3) is 0 Å². The molecule has 0 fully saturated rings. The highest BCUT2D eigenvalue weighted by Crippen LogP contribution is 2.51. The fraction of sp³-hybridized carbons (Fsp3) is 0.333. The molecule has 0 saturated heterocycles. The average molecular weight is 672 g/mol. The first-order valence-corrected chi connectivity index (χ1v) is 9.61. The summed E-state index contributed by atoms with van der Waals surface area (Å²) < 4.78 is 250. The van der Waals surface area contributed by atoms with Crippen LogP contribution < -0.4 is 33.7 Å². The number of alkyl halides is 18. The Bertz CT molecular complexity index is 1100. The first-order valence-electron chi connectivity index (χ1n) is 9.61. The molecule has 1 radical (unpaired) electrons. The molecule has 0 aliphatic carbocycles. The number of ether oxygens (including phenoxy) is 6. The molecule has 243 valence electrons. The molecule has 2 aromatic rings. The zero-order valence-electron chi connectivity index (χ0n) is 19.0. The van der Waals surface area contributed by atoms with Crippen LogP contribution in [0, 0.1) is 0 Å². The van der Waals surface area contributed by atoms with E-state index in [9.17, 15) is 79.0 Å². The highest BCUT2D eigenvalue weighted by Gasteiger charge is 2.42. The van der Waals surface area contributed by atoms with E-state index in [4.69, 9.17) is 0 Å². The van der Waals surface area contributed by atoms with E-state index in [0.717, 1.165) is 0 Å². The molecule has 0 aliphatic heterocycles. The predicted octanol–water partition coefficient (Wildman–Crippen LogP) is 8.65. The maximum Gasteiger partial charge on any atom is 0.573 e. The minimum absolute atomic E-state index is 0.529. The monoisotopic (exact) mass is 672 g/mol. The van der Waals surface area contributed by atoms with Gasteiger partial charge in [0.15, 0.2) is 23.0 Å². The minimum atomic E-state index is -6.07. The Balaban J connectivity index is 2.98. The van der Waals surface area contributed by atoms with Crippen LogP contribution in [0.25, 0.3) is 0 Å². The molecular weight excluding hydrogens is 668 g/mol. The zero-order valence-corrected chi connectivity index (χ0v) is 19.0. The largest absolute Gasteiger partial charge is 0.573 e. The van der Waals surface area contributed by atoms with Gasteiger partial charge in [0.05, 0.1) is 0 Å². The van der Waals surface area contributed by atoms with Crippen LogP contribution in [0.4, 0.5) is 90.4 Å². The molecule has 0 saturated carbocycles. The highest BCUT2D eigenvalue weighted by atomic mass is 19.4. The van der Waals surface area contributed by atoms with E-state index in [1.807, 2.05) is 0 Å². The van der Waals surface area contributed by atoms with Gasteiger partial charge in [0, 0.05) is 24.3 Å². The molecule has 0 atom stereocenters. The van der Waals surface area contributed by atoms with E-state index in [-0.39, 0.29) is 0 Å². The Labute approximate surface area is 222 Å². The van der Waals surface area contributed by atoms with Gasteiger partial charge in [0.1, 0.15) is 22.9 Å². The van der Waals surface area contributed by atoms with Crippen LogP contribution in [0.5, 0.6) is 34.5 Å². The summed E-state index contributed by atoms with van der Waals surface area (Å²) in [5.74, 6) is -13.4. The maximum atomic E-state index is 13.0. The molecular formula is C18H4F18NO6. The SMILES string of the molecule is FC(F)(F)Oc1cc(OC(F)(F)F)c([N]c2c(OC(F)(F)F)cc(OC(F)(F)F)cc2OC(F)(F)F)c(OC(F)(F)F)c1. The van der Waals surface area contributed by atoms with E-state index < -0.39 is 108 Å². The molecule has 0 amide bonds. The fourth-order valence-corrected chi connectivity index (χ4v) is 2.64. The summed E-state index contributed by atoms with van der Waals surface area (Å²) in [5, 5.41) is 2.68. The minimum Gasteiger partial charge on any atom is -0.406 e. The molecule has 0 bridgehead atoms. The Morgan fingerprint density at radius 3 is 0.674 bits per heavy atom. The normalized spacial score (nSPS) is 13.3. The third-order valence-electron chi connectivity index (χ3n) is 3.62. The van der Waals surface area contributed by atoms with E-state index in [0.29, 0.717) is 0 Å². The van der Waals surface area contributed by atoms with Crippen LogP contribution in [0.1, 0.15) is 0 Å². The maximum absolute atomic E-state index is 13.0. The highest BCUT2D eigenvalue weighted by molar-refractivity contribution is 5.74. The lowest BCUT2D eigenvalue weighted by molar-refractivity contribution is -0.280. The molecule has 0 unspecified atom stereocenters. The van der Waals surface area contributed by atoms with E-state index in [1.54, 1.807) is 0 Å². The average Bonchev–Trinajstić information content (AvgIpc) is 2.64.